The van der Waals surface area contributed by atoms with Crippen LogP contribution in [0.5, 0.6) is 5.75 Å². The van der Waals surface area contributed by atoms with Crippen molar-refractivity contribution in [3.63, 3.8) is 0 Å². The Morgan fingerprint density at radius 3 is 2.46 bits per heavy atom. The molecule has 1 amide bonds. The third kappa shape index (κ3) is 4.37. The Morgan fingerprint density at radius 2 is 1.92 bits per heavy atom. The summed E-state index contributed by atoms with van der Waals surface area (Å²) < 4.78 is 11.7. The SMILES string of the molecule is COCC(C)(CC(=O)O)NC(=O)c1nnn(-c2ccc(OC)cc2)c1C. The molecule has 9 heteroatoms. The van der Waals surface area contributed by atoms with Gasteiger partial charge in [-0.05, 0) is 38.1 Å². The number of amides is 1. The largest absolute Gasteiger partial charge is 0.497 e. The van der Waals surface area contributed by atoms with E-state index in [4.69, 9.17) is 14.6 Å². The van der Waals surface area contributed by atoms with Crippen LogP contribution in [0.3, 0.4) is 0 Å². The number of benzene rings is 1. The first kappa shape index (κ1) is 19.4. The molecule has 0 aliphatic carbocycles. The van der Waals surface area contributed by atoms with Crippen molar-refractivity contribution in [2.24, 2.45) is 0 Å². The number of hydrogen-bond donors (Lipinski definition) is 2. The van der Waals surface area contributed by atoms with E-state index in [9.17, 15) is 9.59 Å². The maximum Gasteiger partial charge on any atom is 0.305 e. The van der Waals surface area contributed by atoms with E-state index in [1.807, 2.05) is 0 Å². The summed E-state index contributed by atoms with van der Waals surface area (Å²) in [6, 6.07) is 7.14. The zero-order valence-corrected chi connectivity index (χ0v) is 15.1. The number of carboxylic acids is 1. The Labute approximate surface area is 150 Å². The molecule has 1 heterocycles. The summed E-state index contributed by atoms with van der Waals surface area (Å²) in [5, 5.41) is 19.7. The van der Waals surface area contributed by atoms with Crippen molar-refractivity contribution in [2.45, 2.75) is 25.8 Å². The first-order chi connectivity index (χ1) is 12.3. The lowest BCUT2D eigenvalue weighted by Crippen LogP contribution is -2.51. The van der Waals surface area contributed by atoms with Crippen LogP contribution in [0.25, 0.3) is 5.69 Å². The lowest BCUT2D eigenvalue weighted by molar-refractivity contribution is -0.139. The van der Waals surface area contributed by atoms with E-state index in [0.29, 0.717) is 11.4 Å². The molecule has 1 atom stereocenters. The molecule has 0 saturated carbocycles. The predicted molar refractivity (Wildman–Crippen MR) is 92.6 cm³/mol. The first-order valence-corrected chi connectivity index (χ1v) is 7.89. The second kappa shape index (κ2) is 7.96. The number of carboxylic acid groups (broad SMARTS) is 1. The van der Waals surface area contributed by atoms with Gasteiger partial charge in [0.15, 0.2) is 5.69 Å². The normalized spacial score (nSPS) is 13.1. The van der Waals surface area contributed by atoms with Crippen LogP contribution in [0.15, 0.2) is 24.3 Å². The molecule has 0 aliphatic rings. The van der Waals surface area contributed by atoms with E-state index in [1.54, 1.807) is 45.2 Å². The molecule has 1 aromatic heterocycles. The highest BCUT2D eigenvalue weighted by atomic mass is 16.5. The minimum absolute atomic E-state index is 0.0523. The van der Waals surface area contributed by atoms with Gasteiger partial charge in [-0.1, -0.05) is 5.21 Å². The summed E-state index contributed by atoms with van der Waals surface area (Å²) in [7, 11) is 3.02. The molecule has 0 fully saturated rings. The highest BCUT2D eigenvalue weighted by molar-refractivity contribution is 5.94. The Morgan fingerprint density at radius 1 is 1.27 bits per heavy atom. The molecule has 1 aromatic carbocycles. The van der Waals surface area contributed by atoms with Crippen molar-refractivity contribution < 1.29 is 24.2 Å². The van der Waals surface area contributed by atoms with Gasteiger partial charge in [0.05, 0.1) is 37.1 Å². The van der Waals surface area contributed by atoms with E-state index in [2.05, 4.69) is 15.6 Å². The lowest BCUT2D eigenvalue weighted by atomic mass is 9.98. The summed E-state index contributed by atoms with van der Waals surface area (Å²) in [6.45, 7) is 3.37. The molecule has 9 nitrogen and oxygen atoms in total. The molecule has 0 radical (unpaired) electrons. The van der Waals surface area contributed by atoms with Crippen LogP contribution in [-0.2, 0) is 9.53 Å². The average Bonchev–Trinajstić information content (AvgIpc) is 2.95. The Hall–Kier alpha value is -2.94. The minimum Gasteiger partial charge on any atom is -0.497 e. The average molecular weight is 362 g/mol. The van der Waals surface area contributed by atoms with Gasteiger partial charge in [-0.25, -0.2) is 4.68 Å². The zero-order chi connectivity index (χ0) is 19.3. The minimum atomic E-state index is -1.06. The third-order valence-corrected chi connectivity index (χ3v) is 3.85. The van der Waals surface area contributed by atoms with Crippen molar-refractivity contribution in [2.75, 3.05) is 20.8 Å². The fourth-order valence-electron chi connectivity index (χ4n) is 2.62. The number of ether oxygens (including phenoxy) is 2. The summed E-state index contributed by atoms with van der Waals surface area (Å²) >= 11 is 0. The number of nitrogens with one attached hydrogen (secondary N) is 1. The van der Waals surface area contributed by atoms with E-state index in [0.717, 1.165) is 5.69 Å². The van der Waals surface area contributed by atoms with Crippen LogP contribution in [0.4, 0.5) is 0 Å². The highest BCUT2D eigenvalue weighted by Gasteiger charge is 2.31. The monoisotopic (exact) mass is 362 g/mol. The Bertz CT molecular complexity index is 787. The van der Waals surface area contributed by atoms with Gasteiger partial charge in [0.25, 0.3) is 5.91 Å². The van der Waals surface area contributed by atoms with E-state index >= 15 is 0 Å². The summed E-state index contributed by atoms with van der Waals surface area (Å²) in [5.74, 6) is -0.847. The van der Waals surface area contributed by atoms with Crippen molar-refractivity contribution >= 4 is 11.9 Å². The predicted octanol–water partition coefficient (Wildman–Crippen LogP) is 1.19. The molecular formula is C17H22N4O5. The summed E-state index contributed by atoms with van der Waals surface area (Å²) in [5.41, 5.74) is 0.310. The maximum absolute atomic E-state index is 12.6. The standard InChI is InChI=1S/C17H22N4O5/c1-11-15(16(24)18-17(2,10-25-3)9-14(22)23)19-20-21(11)12-5-7-13(26-4)8-6-12/h5-8H,9-10H2,1-4H3,(H,18,24)(H,22,23). The smallest absolute Gasteiger partial charge is 0.305 e. The van der Waals surface area contributed by atoms with Crippen LogP contribution >= 0.6 is 0 Å². The van der Waals surface area contributed by atoms with Gasteiger partial charge in [-0.2, -0.15) is 0 Å². The number of aliphatic carboxylic acids is 1. The fourth-order valence-corrected chi connectivity index (χ4v) is 2.62. The molecule has 0 aliphatic heterocycles. The van der Waals surface area contributed by atoms with Gasteiger partial charge >= 0.3 is 5.97 Å². The highest BCUT2D eigenvalue weighted by Crippen LogP contribution is 2.18. The molecule has 26 heavy (non-hydrogen) atoms. The lowest BCUT2D eigenvalue weighted by Gasteiger charge is -2.28. The zero-order valence-electron chi connectivity index (χ0n) is 15.1. The van der Waals surface area contributed by atoms with Crippen LogP contribution in [0.1, 0.15) is 29.5 Å². The van der Waals surface area contributed by atoms with Gasteiger partial charge in [0.1, 0.15) is 5.75 Å². The number of carbonyl (C=O) groups is 2. The Balaban J connectivity index is 2.24. The van der Waals surface area contributed by atoms with Crippen molar-refractivity contribution in [1.29, 1.82) is 0 Å². The molecular weight excluding hydrogens is 340 g/mol. The second-order valence-electron chi connectivity index (χ2n) is 6.15. The summed E-state index contributed by atoms with van der Waals surface area (Å²) in [6.07, 6.45) is -0.280. The number of methoxy groups -OCH3 is 2. The molecule has 2 rings (SSSR count). The molecule has 2 N–H and O–H groups in total. The van der Waals surface area contributed by atoms with Gasteiger partial charge < -0.3 is 19.9 Å². The molecule has 0 saturated heterocycles. The van der Waals surface area contributed by atoms with E-state index < -0.39 is 17.4 Å². The first-order valence-electron chi connectivity index (χ1n) is 7.89. The fraction of sp³-hybridized carbons (Fsp3) is 0.412. The van der Waals surface area contributed by atoms with Crippen molar-refractivity contribution in [3.8, 4) is 11.4 Å². The van der Waals surface area contributed by atoms with E-state index in [-0.39, 0.29) is 18.7 Å². The van der Waals surface area contributed by atoms with Gasteiger partial charge in [-0.3, -0.25) is 9.59 Å². The van der Waals surface area contributed by atoms with Crippen molar-refractivity contribution in [1.82, 2.24) is 20.3 Å². The number of nitrogens with zero attached hydrogens (tertiary/aromatic N) is 3. The number of rotatable bonds is 8. The van der Waals surface area contributed by atoms with Gasteiger partial charge in [0.2, 0.25) is 0 Å². The van der Waals surface area contributed by atoms with Crippen LogP contribution in [-0.4, -0.2) is 58.3 Å². The topological polar surface area (TPSA) is 116 Å². The van der Waals surface area contributed by atoms with Crippen LogP contribution < -0.4 is 10.1 Å². The Kier molecular flexibility index (Phi) is 5.93. The molecule has 0 bridgehead atoms. The quantitative estimate of drug-likeness (QED) is 0.725. The summed E-state index contributed by atoms with van der Waals surface area (Å²) in [4.78, 5) is 23.7. The number of hydrogen-bond acceptors (Lipinski definition) is 6. The van der Waals surface area contributed by atoms with E-state index in [1.165, 1.54) is 11.8 Å². The van der Waals surface area contributed by atoms with Crippen LogP contribution in [0, 0.1) is 6.92 Å². The maximum atomic E-state index is 12.6. The molecule has 0 spiro atoms. The third-order valence-electron chi connectivity index (χ3n) is 3.85. The van der Waals surface area contributed by atoms with Crippen molar-refractivity contribution in [3.05, 3.63) is 35.7 Å². The van der Waals surface area contributed by atoms with Gasteiger partial charge in [-0.15, -0.1) is 5.10 Å². The van der Waals surface area contributed by atoms with Gasteiger partial charge in [0, 0.05) is 7.11 Å². The second-order valence-corrected chi connectivity index (χ2v) is 6.15. The molecule has 2 aromatic rings. The number of aromatic nitrogens is 3. The van der Waals surface area contributed by atoms with Crippen LogP contribution in [0.2, 0.25) is 0 Å². The molecule has 1 unspecified atom stereocenters. The molecule has 140 valence electrons. The number of carbonyl (C=O) groups excluding carboxylic acids is 1.